The number of hydrogen-bond donors (Lipinski definition) is 9. The van der Waals surface area contributed by atoms with Crippen LogP contribution < -0.4 is 32.3 Å². The predicted octanol–water partition coefficient (Wildman–Crippen LogP) is -0.0442. The molecular weight excluding hydrogens is 909 g/mol. The summed E-state index contributed by atoms with van der Waals surface area (Å²) in [7, 11) is 1.34. The third kappa shape index (κ3) is 15.4. The van der Waals surface area contributed by atoms with Crippen LogP contribution in [0, 0.1) is 5.92 Å². The van der Waals surface area contributed by atoms with Gasteiger partial charge in [0.1, 0.15) is 60.4 Å². The molecule has 0 aliphatic carbocycles. The molecule has 8 amide bonds. The summed E-state index contributed by atoms with van der Waals surface area (Å²) in [4.78, 5) is 128. The number of amides is 8. The topological polar surface area (TPSA) is 316 Å². The molecule has 384 valence electrons. The summed E-state index contributed by atoms with van der Waals surface area (Å²) in [5, 5.41) is 45.0. The Hall–Kier alpha value is -6.61. The lowest BCUT2D eigenvalue weighted by Crippen LogP contribution is -2.65. The first-order valence-corrected chi connectivity index (χ1v) is 23.9. The molecule has 2 aromatic rings. The molecule has 0 radical (unpaired) electrons. The molecule has 11 atom stereocenters. The third-order valence-corrected chi connectivity index (χ3v) is 12.8. The van der Waals surface area contributed by atoms with Gasteiger partial charge in [-0.2, -0.15) is 0 Å². The molecule has 2 saturated heterocycles. The van der Waals surface area contributed by atoms with Gasteiger partial charge in [0.05, 0.1) is 6.10 Å². The Morgan fingerprint density at radius 1 is 0.829 bits per heavy atom. The van der Waals surface area contributed by atoms with Crippen LogP contribution in [0.3, 0.4) is 0 Å². The van der Waals surface area contributed by atoms with E-state index in [1.165, 1.54) is 33.0 Å². The Balaban J connectivity index is 1.88. The summed E-state index contributed by atoms with van der Waals surface area (Å²) >= 11 is 0. The van der Waals surface area contributed by atoms with Gasteiger partial charge in [0.15, 0.2) is 0 Å². The van der Waals surface area contributed by atoms with Gasteiger partial charge < -0.3 is 62.2 Å². The van der Waals surface area contributed by atoms with Crippen LogP contribution >= 0.6 is 0 Å². The Morgan fingerprint density at radius 3 is 2.09 bits per heavy atom. The molecule has 2 fully saturated rings. The SMILES string of the molecule is CCCCCC(=O)NC(C(=O)NC1C(=O)NC(CCC(N)=O)C(=O)NC2CCC(O)N(C2=O)C(Cc2ccccc2)C(=O)N(C)C(Cc2ccc(O)cc2)C(=O)NC(C(C)CC)C(=O)OC1C)C(C)O. The molecule has 10 N–H and O–H groups in total. The van der Waals surface area contributed by atoms with Crippen molar-refractivity contribution in [2.24, 2.45) is 11.7 Å². The number of nitrogens with one attached hydrogen (secondary N) is 5. The van der Waals surface area contributed by atoms with Gasteiger partial charge in [-0.05, 0) is 68.7 Å². The quantitative estimate of drug-likeness (QED) is 0.0744. The minimum Gasteiger partial charge on any atom is -0.508 e. The van der Waals surface area contributed by atoms with Crippen molar-refractivity contribution in [2.75, 3.05) is 7.05 Å². The van der Waals surface area contributed by atoms with Gasteiger partial charge in [0.2, 0.25) is 47.3 Å². The fourth-order valence-corrected chi connectivity index (χ4v) is 8.35. The number of hydrogen-bond acceptors (Lipinski definition) is 13. The first-order valence-electron chi connectivity index (χ1n) is 23.9. The van der Waals surface area contributed by atoms with Crippen LogP contribution in [0.15, 0.2) is 54.6 Å². The Bertz CT molecular complexity index is 2160. The van der Waals surface area contributed by atoms with Crippen LogP contribution in [0.25, 0.3) is 0 Å². The van der Waals surface area contributed by atoms with Crippen molar-refractivity contribution in [2.45, 2.75) is 166 Å². The minimum atomic E-state index is -1.86. The smallest absolute Gasteiger partial charge is 0.329 e. The van der Waals surface area contributed by atoms with E-state index in [9.17, 15) is 53.7 Å². The van der Waals surface area contributed by atoms with Crippen molar-refractivity contribution < 1.29 is 63.2 Å². The van der Waals surface area contributed by atoms with Gasteiger partial charge in [-0.15, -0.1) is 0 Å². The zero-order valence-corrected chi connectivity index (χ0v) is 40.7. The van der Waals surface area contributed by atoms with Crippen LogP contribution in [-0.4, -0.2) is 146 Å². The number of nitrogens with zero attached hydrogens (tertiary/aromatic N) is 2. The van der Waals surface area contributed by atoms with Gasteiger partial charge in [-0.25, -0.2) is 4.79 Å². The molecule has 2 aromatic carbocycles. The number of benzene rings is 2. The van der Waals surface area contributed by atoms with Crippen LogP contribution in [0.2, 0.25) is 0 Å². The summed E-state index contributed by atoms with van der Waals surface area (Å²) in [5.41, 5.74) is 6.53. The maximum Gasteiger partial charge on any atom is 0.329 e. The third-order valence-electron chi connectivity index (χ3n) is 12.8. The molecule has 0 saturated carbocycles. The average molecular weight is 979 g/mol. The van der Waals surface area contributed by atoms with E-state index < -0.39 is 133 Å². The highest BCUT2D eigenvalue weighted by molar-refractivity contribution is 5.98. The first kappa shape index (κ1) is 56.0. The predicted molar refractivity (Wildman–Crippen MR) is 253 cm³/mol. The molecule has 2 aliphatic heterocycles. The van der Waals surface area contributed by atoms with E-state index in [4.69, 9.17) is 10.5 Å². The monoisotopic (exact) mass is 979 g/mol. The number of cyclic esters (lactones) is 1. The van der Waals surface area contributed by atoms with E-state index in [2.05, 4.69) is 26.6 Å². The maximum atomic E-state index is 15.0. The standard InChI is InChI=1S/C49H70N8O13/c1-7-9-11-16-38(61)53-41(28(4)58)45(65)55-42-29(5)70-49(69)40(27(3)8-2)54-44(64)35(25-31-17-19-32(59)20-18-31)56(6)48(68)36(26-30-14-12-10-13-15-30)57-39(62)24-22-34(47(57)67)52-43(63)33(51-46(42)66)21-23-37(50)60/h10,12-15,17-20,27-29,33-36,39-42,58-59,62H,7-9,11,16,21-26H2,1-6H3,(H2,50,60)(H,51,66)(H,52,63)(H,53,61)(H,54,64)(H,55,65). The van der Waals surface area contributed by atoms with Crippen LogP contribution in [0.1, 0.15) is 104 Å². The highest BCUT2D eigenvalue weighted by Crippen LogP contribution is 2.26. The summed E-state index contributed by atoms with van der Waals surface area (Å²) in [5.74, 6) is -8.85. The molecule has 2 aliphatic rings. The second-order valence-corrected chi connectivity index (χ2v) is 18.2. The number of likely N-dealkylation sites (N-methyl/N-ethyl adjacent to an activating group) is 1. The van der Waals surface area contributed by atoms with Crippen molar-refractivity contribution in [3.8, 4) is 5.75 Å². The minimum absolute atomic E-state index is 0.0370. The second-order valence-electron chi connectivity index (χ2n) is 18.2. The van der Waals surface area contributed by atoms with Crippen LogP contribution in [0.4, 0.5) is 0 Å². The number of nitrogens with two attached hydrogens (primary N) is 1. The van der Waals surface area contributed by atoms with Gasteiger partial charge in [0.25, 0.3) is 0 Å². The lowest BCUT2D eigenvalue weighted by molar-refractivity contribution is -0.165. The number of carbonyl (C=O) groups excluding carboxylic acids is 9. The number of carbonyl (C=O) groups is 9. The second kappa shape index (κ2) is 26.4. The Labute approximate surface area is 408 Å². The normalized spacial score (nSPS) is 25.4. The number of phenolic OH excluding ortho intramolecular Hbond substituents is 1. The van der Waals surface area contributed by atoms with E-state index in [1.54, 1.807) is 56.3 Å². The van der Waals surface area contributed by atoms with Crippen LogP contribution in [0.5, 0.6) is 5.75 Å². The zero-order chi connectivity index (χ0) is 51.8. The first-order chi connectivity index (χ1) is 33.2. The van der Waals surface area contributed by atoms with Crippen molar-refractivity contribution >= 4 is 53.2 Å². The molecule has 11 unspecified atom stereocenters. The molecule has 2 heterocycles. The van der Waals surface area contributed by atoms with E-state index >= 15 is 4.79 Å². The number of aliphatic hydroxyl groups is 2. The molecule has 21 nitrogen and oxygen atoms in total. The molecule has 2 bridgehead atoms. The van der Waals surface area contributed by atoms with E-state index in [-0.39, 0.29) is 37.9 Å². The fraction of sp³-hybridized carbons (Fsp3) is 0.571. The van der Waals surface area contributed by atoms with Crippen molar-refractivity contribution in [1.29, 1.82) is 0 Å². The van der Waals surface area contributed by atoms with Gasteiger partial charge in [-0.3, -0.25) is 38.4 Å². The van der Waals surface area contributed by atoms with Gasteiger partial charge >= 0.3 is 5.97 Å². The number of ether oxygens (including phenoxy) is 1. The van der Waals surface area contributed by atoms with Crippen molar-refractivity contribution in [3.63, 3.8) is 0 Å². The van der Waals surface area contributed by atoms with E-state index in [0.29, 0.717) is 24.0 Å². The maximum absolute atomic E-state index is 15.0. The highest BCUT2D eigenvalue weighted by Gasteiger charge is 2.46. The van der Waals surface area contributed by atoms with Crippen molar-refractivity contribution in [1.82, 2.24) is 36.4 Å². The van der Waals surface area contributed by atoms with E-state index in [1.807, 2.05) is 6.92 Å². The Morgan fingerprint density at radius 2 is 1.47 bits per heavy atom. The highest BCUT2D eigenvalue weighted by atomic mass is 16.5. The lowest BCUT2D eigenvalue weighted by atomic mass is 9.95. The zero-order valence-electron chi connectivity index (χ0n) is 40.7. The average Bonchev–Trinajstić information content (AvgIpc) is 3.32. The van der Waals surface area contributed by atoms with Crippen LogP contribution in [-0.2, 0) is 60.7 Å². The number of esters is 1. The lowest BCUT2D eigenvalue weighted by Gasteiger charge is -2.43. The molecule has 21 heteroatoms. The number of fused-ring (bicyclic) bond motifs is 2. The number of aromatic hydroxyl groups is 1. The molecular formula is C49H70N8O13. The summed E-state index contributed by atoms with van der Waals surface area (Å²) < 4.78 is 5.87. The fourth-order valence-electron chi connectivity index (χ4n) is 8.35. The summed E-state index contributed by atoms with van der Waals surface area (Å²) in [6.07, 6.45) is -3.68. The molecule has 0 aromatic heterocycles. The molecule has 70 heavy (non-hydrogen) atoms. The Kier molecular flexibility index (Phi) is 21.1. The summed E-state index contributed by atoms with van der Waals surface area (Å²) in [6.45, 7) is 7.83. The van der Waals surface area contributed by atoms with E-state index in [0.717, 1.165) is 22.6 Å². The number of piperidine rings is 1. The number of phenols is 1. The number of unbranched alkanes of at least 4 members (excludes halogenated alkanes) is 2. The molecule has 0 spiro atoms. The van der Waals surface area contributed by atoms with Gasteiger partial charge in [0, 0.05) is 32.7 Å². The largest absolute Gasteiger partial charge is 0.508 e. The summed E-state index contributed by atoms with van der Waals surface area (Å²) in [6, 6.07) is 3.69. The van der Waals surface area contributed by atoms with Gasteiger partial charge in [-0.1, -0.05) is 82.5 Å². The number of aliphatic hydroxyl groups excluding tert-OH is 2. The number of rotatable bonds is 17. The molecule has 4 rings (SSSR count). The number of primary amides is 1. The van der Waals surface area contributed by atoms with Crippen molar-refractivity contribution in [3.05, 3.63) is 65.7 Å².